The first-order valence-electron chi connectivity index (χ1n) is 13.0. The highest BCUT2D eigenvalue weighted by Crippen LogP contribution is 2.14. The topological polar surface area (TPSA) is 105 Å². The fourth-order valence-electron chi connectivity index (χ4n) is 3.70. The average molecular weight is 457 g/mol. The van der Waals surface area contributed by atoms with Crippen molar-refractivity contribution in [1.82, 2.24) is 11.0 Å². The molecule has 0 bridgehead atoms. The Balaban J connectivity index is 3.76. The third-order valence-corrected chi connectivity index (χ3v) is 5.78. The number of rotatable bonds is 23. The van der Waals surface area contributed by atoms with Crippen molar-refractivity contribution in [2.24, 2.45) is 5.92 Å². The molecule has 0 spiro atoms. The summed E-state index contributed by atoms with van der Waals surface area (Å²) in [6.07, 6.45) is 19.9. The fraction of sp³-hybridized carbons (Fsp3) is 0.880. The molecule has 0 heterocycles. The Labute approximate surface area is 195 Å². The van der Waals surface area contributed by atoms with Crippen LogP contribution in [0.5, 0.6) is 0 Å². The van der Waals surface area contributed by atoms with E-state index in [0.29, 0.717) is 12.8 Å². The van der Waals surface area contributed by atoms with Gasteiger partial charge in [0.25, 0.3) is 5.91 Å². The lowest BCUT2D eigenvalue weighted by atomic mass is 9.99. The molecule has 0 aromatic carbocycles. The second-order valence-electron chi connectivity index (χ2n) is 8.83. The molecule has 188 valence electrons. The Hall–Kier alpha value is -1.63. The van der Waals surface area contributed by atoms with Crippen molar-refractivity contribution in [3.05, 3.63) is 0 Å². The summed E-state index contributed by atoms with van der Waals surface area (Å²) in [5.74, 6) is -3.38. The molecule has 32 heavy (non-hydrogen) atoms. The van der Waals surface area contributed by atoms with Crippen molar-refractivity contribution in [3.8, 4) is 0 Å². The van der Waals surface area contributed by atoms with Crippen LogP contribution < -0.4 is 11.0 Å². The van der Waals surface area contributed by atoms with E-state index in [9.17, 15) is 19.5 Å². The van der Waals surface area contributed by atoms with E-state index >= 15 is 0 Å². The number of carbonyl (C=O) groups excluding carboxylic acids is 2. The van der Waals surface area contributed by atoms with Gasteiger partial charge < -0.3 is 5.11 Å². The molecule has 0 radical (unpaired) electrons. The first-order valence-corrected chi connectivity index (χ1v) is 13.0. The molecule has 1 unspecified atom stereocenters. The summed E-state index contributed by atoms with van der Waals surface area (Å²) in [5, 5.41) is 9.30. The molecule has 0 saturated heterocycles. The lowest BCUT2D eigenvalue weighted by molar-refractivity contribution is -0.159. The quantitative estimate of drug-likeness (QED) is 0.0962. The second-order valence-corrected chi connectivity index (χ2v) is 8.83. The number of aliphatic carboxylic acids is 1. The molecule has 7 nitrogen and oxygen atoms in total. The van der Waals surface area contributed by atoms with Crippen LogP contribution >= 0.6 is 0 Å². The second kappa shape index (κ2) is 22.6. The van der Waals surface area contributed by atoms with Gasteiger partial charge in [0, 0.05) is 6.42 Å². The van der Waals surface area contributed by atoms with Crippen LogP contribution in [0.2, 0.25) is 0 Å². The molecule has 0 aliphatic heterocycles. The normalized spacial score (nSPS) is 11.8. The summed E-state index contributed by atoms with van der Waals surface area (Å²) in [7, 11) is 0. The zero-order chi connectivity index (χ0) is 23.9. The van der Waals surface area contributed by atoms with Crippen molar-refractivity contribution >= 4 is 17.8 Å². The minimum absolute atomic E-state index is 0.270. The van der Waals surface area contributed by atoms with Gasteiger partial charge in [-0.05, 0) is 12.8 Å². The molecule has 0 aliphatic carbocycles. The van der Waals surface area contributed by atoms with E-state index < -0.39 is 17.8 Å². The van der Waals surface area contributed by atoms with Gasteiger partial charge in [-0.1, -0.05) is 117 Å². The zero-order valence-electron chi connectivity index (χ0n) is 20.6. The first kappa shape index (κ1) is 30.4. The number of carbonyl (C=O) groups is 3. The first-order chi connectivity index (χ1) is 15.5. The Morgan fingerprint density at radius 2 is 1.09 bits per heavy atom. The number of carboxylic acid groups (broad SMARTS) is 1. The maximum atomic E-state index is 12.1. The molecule has 0 saturated carbocycles. The van der Waals surface area contributed by atoms with E-state index in [2.05, 4.69) is 24.8 Å². The molecule has 1 atom stereocenters. The predicted molar refractivity (Wildman–Crippen MR) is 128 cm³/mol. The molecule has 2 amide bonds. The highest BCUT2D eigenvalue weighted by atomic mass is 16.8. The van der Waals surface area contributed by atoms with Gasteiger partial charge >= 0.3 is 5.97 Å². The van der Waals surface area contributed by atoms with Crippen molar-refractivity contribution in [3.63, 3.8) is 0 Å². The maximum absolute atomic E-state index is 12.1. The third kappa shape index (κ3) is 19.1. The van der Waals surface area contributed by atoms with Gasteiger partial charge in [0.15, 0.2) is 0 Å². The summed E-state index contributed by atoms with van der Waals surface area (Å²) >= 11 is 0. The smallest absolute Gasteiger partial charge is 0.316 e. The van der Waals surface area contributed by atoms with Gasteiger partial charge in [0.2, 0.25) is 5.91 Å². The van der Waals surface area contributed by atoms with E-state index in [-0.39, 0.29) is 12.3 Å². The van der Waals surface area contributed by atoms with Crippen LogP contribution in [0, 0.1) is 5.92 Å². The Bertz CT molecular complexity index is 485. The van der Waals surface area contributed by atoms with Gasteiger partial charge in [0.1, 0.15) is 5.92 Å². The minimum Gasteiger partial charge on any atom is -0.481 e. The molecule has 7 heteroatoms. The van der Waals surface area contributed by atoms with Crippen molar-refractivity contribution < 1.29 is 24.4 Å². The lowest BCUT2D eigenvalue weighted by Gasteiger charge is -2.12. The van der Waals surface area contributed by atoms with Gasteiger partial charge in [0.05, 0.1) is 0 Å². The monoisotopic (exact) mass is 456 g/mol. The summed E-state index contributed by atoms with van der Waals surface area (Å²) in [5.41, 5.74) is 4.22. The number of nitrogens with one attached hydrogen (secondary N) is 2. The highest BCUT2D eigenvalue weighted by Gasteiger charge is 2.26. The van der Waals surface area contributed by atoms with Crippen LogP contribution in [-0.2, 0) is 19.3 Å². The van der Waals surface area contributed by atoms with Gasteiger partial charge in [-0.3, -0.25) is 14.4 Å². The van der Waals surface area contributed by atoms with E-state index in [1.165, 1.54) is 64.2 Å². The van der Waals surface area contributed by atoms with Crippen LogP contribution in [0.25, 0.3) is 0 Å². The van der Waals surface area contributed by atoms with Crippen molar-refractivity contribution in [2.75, 3.05) is 0 Å². The number of hydroxylamine groups is 2. The summed E-state index contributed by atoms with van der Waals surface area (Å²) in [6, 6.07) is 0. The lowest BCUT2D eigenvalue weighted by Crippen LogP contribution is -2.40. The number of amides is 2. The van der Waals surface area contributed by atoms with Crippen LogP contribution in [0.15, 0.2) is 0 Å². The number of hydrogen-bond acceptors (Lipinski definition) is 4. The predicted octanol–water partition coefficient (Wildman–Crippen LogP) is 6.22. The molecular weight excluding hydrogens is 408 g/mol. The molecule has 0 aromatic rings. The van der Waals surface area contributed by atoms with Crippen LogP contribution in [0.3, 0.4) is 0 Å². The minimum atomic E-state index is -1.17. The average Bonchev–Trinajstić information content (AvgIpc) is 2.76. The highest BCUT2D eigenvalue weighted by molar-refractivity contribution is 5.96. The number of unbranched alkanes of at least 4 members (excludes halogenated alkanes) is 15. The standard InChI is InChI=1S/C25H48N2O5/c1-3-5-7-9-11-13-15-17-19-21-23(28)26-32-27-24(29)22(25(30)31)20-18-16-14-12-10-8-6-4-2/h22H,3-21H2,1-2H3,(H,26,28)(H,27,29)(H,30,31). The van der Waals surface area contributed by atoms with Gasteiger partial charge in [-0.2, -0.15) is 4.94 Å². The van der Waals surface area contributed by atoms with E-state index in [1.807, 2.05) is 0 Å². The number of hydrogen-bond donors (Lipinski definition) is 3. The molecule has 0 fully saturated rings. The molecule has 0 aliphatic rings. The Morgan fingerprint density at radius 3 is 1.56 bits per heavy atom. The molecular formula is C25H48N2O5. The molecule has 0 rings (SSSR count). The van der Waals surface area contributed by atoms with Gasteiger partial charge in [-0.15, -0.1) is 0 Å². The fourth-order valence-corrected chi connectivity index (χ4v) is 3.70. The zero-order valence-corrected chi connectivity index (χ0v) is 20.6. The largest absolute Gasteiger partial charge is 0.481 e. The van der Waals surface area contributed by atoms with Crippen LogP contribution in [0.1, 0.15) is 136 Å². The van der Waals surface area contributed by atoms with Crippen molar-refractivity contribution in [1.29, 1.82) is 0 Å². The van der Waals surface area contributed by atoms with E-state index in [1.54, 1.807) is 0 Å². The SMILES string of the molecule is CCCCCCCCCCCC(=O)NONC(=O)C(CCCCCCCCCC)C(=O)O. The van der Waals surface area contributed by atoms with E-state index in [0.717, 1.165) is 38.5 Å². The van der Waals surface area contributed by atoms with Gasteiger partial charge in [-0.25, -0.2) is 11.0 Å². The van der Waals surface area contributed by atoms with Crippen LogP contribution in [0.4, 0.5) is 0 Å². The van der Waals surface area contributed by atoms with Crippen molar-refractivity contribution in [2.45, 2.75) is 136 Å². The van der Waals surface area contributed by atoms with E-state index in [4.69, 9.17) is 4.94 Å². The summed E-state index contributed by atoms with van der Waals surface area (Å²) in [4.78, 5) is 39.9. The summed E-state index contributed by atoms with van der Waals surface area (Å²) < 4.78 is 0. The van der Waals surface area contributed by atoms with Crippen LogP contribution in [-0.4, -0.2) is 22.9 Å². The summed E-state index contributed by atoms with van der Waals surface area (Å²) in [6.45, 7) is 4.40. The third-order valence-electron chi connectivity index (χ3n) is 5.78. The molecule has 0 aromatic heterocycles. The Morgan fingerprint density at radius 1 is 0.656 bits per heavy atom. The number of carboxylic acids is 1. The Kier molecular flexibility index (Phi) is 21.4. The molecule has 3 N–H and O–H groups in total. The maximum Gasteiger partial charge on any atom is 0.316 e.